The number of hydrogen-bond donors (Lipinski definition) is 0. The van der Waals surface area contributed by atoms with Crippen LogP contribution in [0.15, 0.2) is 30.3 Å². The van der Waals surface area contributed by atoms with Crippen molar-refractivity contribution in [3.63, 3.8) is 0 Å². The number of hydrogen-bond acceptors (Lipinski definition) is 2. The van der Waals surface area contributed by atoms with Crippen LogP contribution in [-0.2, 0) is 12.3 Å². The van der Waals surface area contributed by atoms with E-state index in [0.717, 1.165) is 29.0 Å². The molecule has 1 aromatic carbocycles. The van der Waals surface area contributed by atoms with Gasteiger partial charge in [0, 0.05) is 11.3 Å². The SMILES string of the molecule is CCc1cccc(Oc2nc(C)cc(C)c2CCl)c1. The van der Waals surface area contributed by atoms with Crippen molar-refractivity contribution < 1.29 is 4.74 Å². The van der Waals surface area contributed by atoms with Gasteiger partial charge >= 0.3 is 0 Å². The minimum atomic E-state index is 0.405. The Morgan fingerprint density at radius 2 is 2.00 bits per heavy atom. The second-order valence-corrected chi connectivity index (χ2v) is 4.87. The summed E-state index contributed by atoms with van der Waals surface area (Å²) in [6, 6.07) is 10.1. The molecule has 0 aliphatic carbocycles. The normalized spacial score (nSPS) is 10.5. The maximum Gasteiger partial charge on any atom is 0.224 e. The van der Waals surface area contributed by atoms with Crippen LogP contribution >= 0.6 is 11.6 Å². The Labute approximate surface area is 119 Å². The molecule has 1 heterocycles. The van der Waals surface area contributed by atoms with E-state index in [4.69, 9.17) is 16.3 Å². The van der Waals surface area contributed by atoms with Gasteiger partial charge in [-0.25, -0.2) is 4.98 Å². The van der Waals surface area contributed by atoms with E-state index < -0.39 is 0 Å². The predicted octanol–water partition coefficient (Wildman–Crippen LogP) is 4.79. The van der Waals surface area contributed by atoms with E-state index in [9.17, 15) is 0 Å². The first-order valence-corrected chi connectivity index (χ1v) is 6.97. The van der Waals surface area contributed by atoms with E-state index in [2.05, 4.69) is 18.0 Å². The smallest absolute Gasteiger partial charge is 0.224 e. The Hall–Kier alpha value is -1.54. The van der Waals surface area contributed by atoms with E-state index in [0.29, 0.717) is 11.8 Å². The third-order valence-corrected chi connectivity index (χ3v) is 3.36. The summed E-state index contributed by atoms with van der Waals surface area (Å²) >= 11 is 5.99. The highest BCUT2D eigenvalue weighted by Gasteiger charge is 2.10. The molecule has 19 heavy (non-hydrogen) atoms. The Morgan fingerprint density at radius 1 is 1.21 bits per heavy atom. The number of nitrogens with zero attached hydrogens (tertiary/aromatic N) is 1. The van der Waals surface area contributed by atoms with Gasteiger partial charge in [0.25, 0.3) is 0 Å². The van der Waals surface area contributed by atoms with Crippen LogP contribution in [0.25, 0.3) is 0 Å². The summed E-state index contributed by atoms with van der Waals surface area (Å²) in [5, 5.41) is 0. The lowest BCUT2D eigenvalue weighted by atomic mass is 10.1. The van der Waals surface area contributed by atoms with Gasteiger partial charge in [0.05, 0.1) is 5.88 Å². The summed E-state index contributed by atoms with van der Waals surface area (Å²) in [7, 11) is 0. The lowest BCUT2D eigenvalue weighted by Gasteiger charge is -2.12. The van der Waals surface area contributed by atoms with Crippen molar-refractivity contribution in [3.05, 3.63) is 52.7 Å². The highest BCUT2D eigenvalue weighted by molar-refractivity contribution is 6.17. The van der Waals surface area contributed by atoms with Gasteiger partial charge in [-0.2, -0.15) is 0 Å². The molecule has 2 aromatic rings. The zero-order valence-corrected chi connectivity index (χ0v) is 12.3. The second kappa shape index (κ2) is 6.07. The predicted molar refractivity (Wildman–Crippen MR) is 79.2 cm³/mol. The summed E-state index contributed by atoms with van der Waals surface area (Å²) in [5.74, 6) is 1.83. The van der Waals surface area contributed by atoms with Crippen LogP contribution in [0.5, 0.6) is 11.6 Å². The van der Waals surface area contributed by atoms with Gasteiger partial charge in [0.1, 0.15) is 5.75 Å². The molecule has 2 rings (SSSR count). The molecule has 0 unspecified atom stereocenters. The Balaban J connectivity index is 2.36. The molecule has 1 aromatic heterocycles. The van der Waals surface area contributed by atoms with Crippen LogP contribution < -0.4 is 4.74 Å². The van der Waals surface area contributed by atoms with Crippen molar-refractivity contribution in [3.8, 4) is 11.6 Å². The number of aromatic nitrogens is 1. The van der Waals surface area contributed by atoms with Crippen molar-refractivity contribution in [2.24, 2.45) is 0 Å². The molecule has 0 saturated heterocycles. The van der Waals surface area contributed by atoms with Gasteiger partial charge in [0.15, 0.2) is 0 Å². The zero-order chi connectivity index (χ0) is 13.8. The second-order valence-electron chi connectivity index (χ2n) is 4.60. The molecule has 0 amide bonds. The first-order chi connectivity index (χ1) is 9.13. The third kappa shape index (κ3) is 3.27. The van der Waals surface area contributed by atoms with Gasteiger partial charge in [-0.3, -0.25) is 0 Å². The van der Waals surface area contributed by atoms with Crippen LogP contribution in [0, 0.1) is 13.8 Å². The largest absolute Gasteiger partial charge is 0.439 e. The Bertz CT molecular complexity index is 581. The summed E-state index contributed by atoms with van der Waals surface area (Å²) in [4.78, 5) is 4.45. The molecule has 0 radical (unpaired) electrons. The van der Waals surface area contributed by atoms with Crippen molar-refractivity contribution in [1.82, 2.24) is 4.98 Å². The average molecular weight is 276 g/mol. The molecular formula is C16H18ClNO. The summed E-state index contributed by atoms with van der Waals surface area (Å²) in [6.07, 6.45) is 0.986. The summed E-state index contributed by atoms with van der Waals surface area (Å²) in [6.45, 7) is 6.11. The van der Waals surface area contributed by atoms with Crippen molar-refractivity contribution in [1.29, 1.82) is 0 Å². The van der Waals surface area contributed by atoms with Crippen LogP contribution in [0.3, 0.4) is 0 Å². The maximum absolute atomic E-state index is 5.99. The zero-order valence-electron chi connectivity index (χ0n) is 11.5. The number of pyridine rings is 1. The minimum absolute atomic E-state index is 0.405. The highest BCUT2D eigenvalue weighted by Crippen LogP contribution is 2.28. The monoisotopic (exact) mass is 275 g/mol. The van der Waals surface area contributed by atoms with E-state index in [1.165, 1.54) is 5.56 Å². The lowest BCUT2D eigenvalue weighted by molar-refractivity contribution is 0.456. The fourth-order valence-corrected chi connectivity index (χ4v) is 2.34. The minimum Gasteiger partial charge on any atom is -0.439 e. The van der Waals surface area contributed by atoms with Crippen LogP contribution in [-0.4, -0.2) is 4.98 Å². The van der Waals surface area contributed by atoms with E-state index >= 15 is 0 Å². The molecule has 0 aliphatic heterocycles. The van der Waals surface area contributed by atoms with Gasteiger partial charge in [-0.05, 0) is 49.6 Å². The van der Waals surface area contributed by atoms with Crippen molar-refractivity contribution in [2.75, 3.05) is 0 Å². The van der Waals surface area contributed by atoms with Crippen LogP contribution in [0.1, 0.15) is 29.3 Å². The number of halogens is 1. The molecule has 0 spiro atoms. The third-order valence-electron chi connectivity index (χ3n) is 3.09. The Morgan fingerprint density at radius 3 is 2.68 bits per heavy atom. The molecule has 0 aliphatic rings. The summed E-state index contributed by atoms with van der Waals surface area (Å²) in [5.41, 5.74) is 4.25. The Kier molecular flexibility index (Phi) is 4.43. The van der Waals surface area contributed by atoms with E-state index in [-0.39, 0.29) is 0 Å². The van der Waals surface area contributed by atoms with Crippen molar-refractivity contribution in [2.45, 2.75) is 33.1 Å². The van der Waals surface area contributed by atoms with E-state index in [1.54, 1.807) is 0 Å². The topological polar surface area (TPSA) is 22.1 Å². The highest BCUT2D eigenvalue weighted by atomic mass is 35.5. The average Bonchev–Trinajstić information content (AvgIpc) is 2.38. The van der Waals surface area contributed by atoms with Gasteiger partial charge < -0.3 is 4.74 Å². The number of benzene rings is 1. The van der Waals surface area contributed by atoms with Crippen molar-refractivity contribution >= 4 is 11.6 Å². The first kappa shape index (κ1) is 13.9. The molecule has 2 nitrogen and oxygen atoms in total. The number of aryl methyl sites for hydroxylation is 3. The molecule has 0 fully saturated rings. The molecule has 0 bridgehead atoms. The van der Waals surface area contributed by atoms with Crippen LogP contribution in [0.2, 0.25) is 0 Å². The number of ether oxygens (including phenoxy) is 1. The quantitative estimate of drug-likeness (QED) is 0.748. The number of rotatable bonds is 4. The van der Waals surface area contributed by atoms with E-state index in [1.807, 2.05) is 38.1 Å². The fraction of sp³-hybridized carbons (Fsp3) is 0.312. The standard InChI is InChI=1S/C16H18ClNO/c1-4-13-6-5-7-14(9-13)19-16-15(10-17)11(2)8-12(3)18-16/h5-9H,4,10H2,1-3H3. The summed E-state index contributed by atoms with van der Waals surface area (Å²) < 4.78 is 5.91. The van der Waals surface area contributed by atoms with Gasteiger partial charge in [-0.15, -0.1) is 11.6 Å². The van der Waals surface area contributed by atoms with Crippen LogP contribution in [0.4, 0.5) is 0 Å². The maximum atomic E-state index is 5.99. The molecular weight excluding hydrogens is 258 g/mol. The number of alkyl halides is 1. The van der Waals surface area contributed by atoms with Gasteiger partial charge in [-0.1, -0.05) is 19.1 Å². The molecule has 100 valence electrons. The first-order valence-electron chi connectivity index (χ1n) is 6.44. The molecule has 0 atom stereocenters. The van der Waals surface area contributed by atoms with Gasteiger partial charge in [0.2, 0.25) is 5.88 Å². The molecule has 0 saturated carbocycles. The molecule has 0 N–H and O–H groups in total. The molecule has 3 heteroatoms. The lowest BCUT2D eigenvalue weighted by Crippen LogP contribution is -1.98. The fourth-order valence-electron chi connectivity index (χ4n) is 2.02.